The molecule has 1 saturated heterocycles. The third-order valence-corrected chi connectivity index (χ3v) is 6.43. The normalized spacial score (nSPS) is 14.3. The fraction of sp³-hybridized carbons (Fsp3) is 0.350. The molecule has 1 amide bonds. The molecule has 4 rings (SSSR count). The van der Waals surface area contributed by atoms with Gasteiger partial charge in [-0.3, -0.25) is 4.79 Å². The highest BCUT2D eigenvalue weighted by atomic mass is 35.5. The first-order valence-electron chi connectivity index (χ1n) is 8.98. The van der Waals surface area contributed by atoms with Gasteiger partial charge in [-0.2, -0.15) is 0 Å². The number of amides is 1. The Morgan fingerprint density at radius 2 is 1.68 bits per heavy atom. The lowest BCUT2D eigenvalue weighted by molar-refractivity contribution is 0.0746. The molecule has 5 nitrogen and oxygen atoms in total. The van der Waals surface area contributed by atoms with Crippen LogP contribution in [0.3, 0.4) is 0 Å². The van der Waals surface area contributed by atoms with E-state index in [-0.39, 0.29) is 18.3 Å². The van der Waals surface area contributed by atoms with Gasteiger partial charge in [-0.15, -0.1) is 23.7 Å². The summed E-state index contributed by atoms with van der Waals surface area (Å²) in [6, 6.07) is 7.08. The number of hydrogen-bond acceptors (Lipinski definition) is 5. The van der Waals surface area contributed by atoms with Crippen LogP contribution in [0, 0.1) is 20.8 Å². The van der Waals surface area contributed by atoms with Crippen molar-refractivity contribution < 1.29 is 4.79 Å². The van der Waals surface area contributed by atoms with Crippen LogP contribution in [0.15, 0.2) is 24.3 Å². The molecule has 148 valence electrons. The first-order valence-corrected chi connectivity index (χ1v) is 10.2. The number of anilines is 1. The average molecular weight is 437 g/mol. The van der Waals surface area contributed by atoms with E-state index in [4.69, 9.17) is 16.6 Å². The van der Waals surface area contributed by atoms with Crippen molar-refractivity contribution in [2.24, 2.45) is 0 Å². The number of aryl methyl sites for hydroxylation is 3. The van der Waals surface area contributed by atoms with E-state index in [2.05, 4.69) is 23.7 Å². The van der Waals surface area contributed by atoms with Crippen molar-refractivity contribution in [3.63, 3.8) is 0 Å². The zero-order chi connectivity index (χ0) is 19.1. The van der Waals surface area contributed by atoms with Gasteiger partial charge in [0.25, 0.3) is 5.91 Å². The van der Waals surface area contributed by atoms with Crippen molar-refractivity contribution in [2.75, 3.05) is 31.1 Å². The third kappa shape index (κ3) is 3.81. The maximum atomic E-state index is 12.7. The van der Waals surface area contributed by atoms with E-state index in [0.29, 0.717) is 23.7 Å². The molecule has 1 aliphatic heterocycles. The number of fused-ring (bicyclic) bond motifs is 1. The van der Waals surface area contributed by atoms with Gasteiger partial charge in [0.2, 0.25) is 0 Å². The van der Waals surface area contributed by atoms with E-state index in [9.17, 15) is 4.79 Å². The van der Waals surface area contributed by atoms with Gasteiger partial charge in [-0.25, -0.2) is 9.97 Å². The number of thiophene rings is 1. The summed E-state index contributed by atoms with van der Waals surface area (Å²) in [6.45, 7) is 9.08. The van der Waals surface area contributed by atoms with Crippen LogP contribution in [-0.2, 0) is 0 Å². The van der Waals surface area contributed by atoms with E-state index in [0.717, 1.165) is 34.9 Å². The van der Waals surface area contributed by atoms with E-state index in [1.54, 1.807) is 35.6 Å². The van der Waals surface area contributed by atoms with Crippen LogP contribution in [-0.4, -0.2) is 47.0 Å². The molecule has 8 heteroatoms. The molecule has 0 N–H and O–H groups in total. The lowest BCUT2D eigenvalue weighted by Crippen LogP contribution is -2.49. The van der Waals surface area contributed by atoms with Gasteiger partial charge >= 0.3 is 0 Å². The van der Waals surface area contributed by atoms with Gasteiger partial charge in [0.05, 0.1) is 5.39 Å². The maximum absolute atomic E-state index is 12.7. The van der Waals surface area contributed by atoms with Crippen LogP contribution >= 0.6 is 35.3 Å². The number of hydrogen-bond donors (Lipinski definition) is 0. The monoisotopic (exact) mass is 436 g/mol. The van der Waals surface area contributed by atoms with Crippen LogP contribution in [0.4, 0.5) is 5.82 Å². The Bertz CT molecular complexity index is 1010. The molecule has 1 fully saturated rings. The number of halogens is 2. The number of benzene rings is 1. The van der Waals surface area contributed by atoms with E-state index >= 15 is 0 Å². The minimum absolute atomic E-state index is 0. The van der Waals surface area contributed by atoms with E-state index in [1.165, 1.54) is 10.4 Å². The Morgan fingerprint density at radius 3 is 2.32 bits per heavy atom. The smallest absolute Gasteiger partial charge is 0.253 e. The predicted molar refractivity (Wildman–Crippen MR) is 118 cm³/mol. The average Bonchev–Trinajstić information content (AvgIpc) is 2.95. The van der Waals surface area contributed by atoms with Gasteiger partial charge in [0.1, 0.15) is 16.5 Å². The Kier molecular flexibility index (Phi) is 6.12. The van der Waals surface area contributed by atoms with Gasteiger partial charge in [-0.05, 0) is 50.6 Å². The molecule has 3 heterocycles. The van der Waals surface area contributed by atoms with Gasteiger partial charge in [0, 0.05) is 41.6 Å². The van der Waals surface area contributed by atoms with Crippen molar-refractivity contribution in [1.82, 2.24) is 14.9 Å². The molecular weight excluding hydrogens is 415 g/mol. The maximum Gasteiger partial charge on any atom is 0.253 e. The molecule has 0 bridgehead atoms. The molecule has 3 aromatic rings. The van der Waals surface area contributed by atoms with E-state index < -0.39 is 0 Å². The van der Waals surface area contributed by atoms with Crippen LogP contribution in [0.1, 0.15) is 26.6 Å². The third-order valence-electron chi connectivity index (χ3n) is 5.08. The van der Waals surface area contributed by atoms with Crippen LogP contribution in [0.2, 0.25) is 5.02 Å². The van der Waals surface area contributed by atoms with Gasteiger partial charge in [-0.1, -0.05) is 11.6 Å². The highest BCUT2D eigenvalue weighted by Gasteiger charge is 2.25. The summed E-state index contributed by atoms with van der Waals surface area (Å²) in [5, 5.41) is 1.79. The minimum Gasteiger partial charge on any atom is -0.352 e. The molecule has 0 atom stereocenters. The minimum atomic E-state index is 0. The largest absolute Gasteiger partial charge is 0.352 e. The Balaban J connectivity index is 0.00000225. The first-order chi connectivity index (χ1) is 12.9. The molecule has 1 aromatic carbocycles. The van der Waals surface area contributed by atoms with Crippen LogP contribution in [0.5, 0.6) is 0 Å². The Morgan fingerprint density at radius 1 is 1.04 bits per heavy atom. The van der Waals surface area contributed by atoms with Gasteiger partial charge in [0.15, 0.2) is 0 Å². The number of aromatic nitrogens is 2. The van der Waals surface area contributed by atoms with E-state index in [1.807, 2.05) is 11.8 Å². The number of carbonyl (C=O) groups is 1. The van der Waals surface area contributed by atoms with Crippen molar-refractivity contribution in [2.45, 2.75) is 20.8 Å². The molecule has 0 radical (unpaired) electrons. The number of nitrogens with zero attached hydrogens (tertiary/aromatic N) is 4. The summed E-state index contributed by atoms with van der Waals surface area (Å²) >= 11 is 7.64. The predicted octanol–water partition coefficient (Wildman–Crippen LogP) is 4.65. The SMILES string of the molecule is Cc1nc(N2CCN(C(=O)c3ccc(Cl)cc3)CC2)c2c(C)c(C)sc2n1.Cl. The summed E-state index contributed by atoms with van der Waals surface area (Å²) < 4.78 is 0. The summed E-state index contributed by atoms with van der Waals surface area (Å²) in [5.41, 5.74) is 1.93. The second kappa shape index (κ2) is 8.23. The quantitative estimate of drug-likeness (QED) is 0.586. The zero-order valence-electron chi connectivity index (χ0n) is 16.0. The molecular formula is C20H22Cl2N4OS. The molecule has 0 spiro atoms. The summed E-state index contributed by atoms with van der Waals surface area (Å²) in [6.07, 6.45) is 0. The molecule has 0 saturated carbocycles. The second-order valence-corrected chi connectivity index (χ2v) is 8.48. The molecule has 1 aliphatic rings. The fourth-order valence-corrected chi connectivity index (χ4v) is 4.65. The molecule has 0 aliphatic carbocycles. The van der Waals surface area contributed by atoms with Crippen molar-refractivity contribution in [3.05, 3.63) is 51.1 Å². The van der Waals surface area contributed by atoms with Crippen LogP contribution < -0.4 is 4.90 Å². The molecule has 28 heavy (non-hydrogen) atoms. The highest BCUT2D eigenvalue weighted by molar-refractivity contribution is 7.18. The second-order valence-electron chi connectivity index (χ2n) is 6.84. The van der Waals surface area contributed by atoms with Crippen molar-refractivity contribution in [1.29, 1.82) is 0 Å². The number of piperazine rings is 1. The number of carbonyl (C=O) groups excluding carboxylic acids is 1. The lowest BCUT2D eigenvalue weighted by Gasteiger charge is -2.36. The number of rotatable bonds is 2. The lowest BCUT2D eigenvalue weighted by atomic mass is 10.1. The zero-order valence-corrected chi connectivity index (χ0v) is 18.4. The molecule has 2 aromatic heterocycles. The van der Waals surface area contributed by atoms with Crippen LogP contribution in [0.25, 0.3) is 10.2 Å². The summed E-state index contributed by atoms with van der Waals surface area (Å²) in [5.74, 6) is 1.84. The summed E-state index contributed by atoms with van der Waals surface area (Å²) in [4.78, 5) is 28.6. The topological polar surface area (TPSA) is 49.3 Å². The van der Waals surface area contributed by atoms with Crippen molar-refractivity contribution in [3.8, 4) is 0 Å². The summed E-state index contributed by atoms with van der Waals surface area (Å²) in [7, 11) is 0. The first kappa shape index (κ1) is 20.8. The Hall–Kier alpha value is -1.89. The Labute approximate surface area is 179 Å². The standard InChI is InChI=1S/C20H21ClN4OS.ClH/c1-12-13(2)27-19-17(12)18(22-14(3)23-19)24-8-10-25(11-9-24)20(26)15-4-6-16(21)7-5-15;/h4-7H,8-11H2,1-3H3;1H. The van der Waals surface area contributed by atoms with Gasteiger partial charge < -0.3 is 9.80 Å². The fourth-order valence-electron chi connectivity index (χ4n) is 3.46. The molecule has 0 unspecified atom stereocenters. The highest BCUT2D eigenvalue weighted by Crippen LogP contribution is 2.35. The van der Waals surface area contributed by atoms with Crippen molar-refractivity contribution >= 4 is 57.3 Å².